The lowest BCUT2D eigenvalue weighted by atomic mass is 9.96. The third-order valence-electron chi connectivity index (χ3n) is 2.08. The van der Waals surface area contributed by atoms with Gasteiger partial charge in [-0.15, -0.1) is 0 Å². The van der Waals surface area contributed by atoms with Gasteiger partial charge < -0.3 is 10.2 Å². The van der Waals surface area contributed by atoms with Gasteiger partial charge in [0.05, 0.1) is 12.2 Å². The van der Waals surface area contributed by atoms with Crippen LogP contribution in [0.4, 0.5) is 0 Å². The number of hydrogen-bond donors (Lipinski definition) is 2. The molecule has 3 unspecified atom stereocenters. The van der Waals surface area contributed by atoms with Crippen LogP contribution in [-0.2, 0) is 0 Å². The van der Waals surface area contributed by atoms with E-state index in [9.17, 15) is 5.11 Å². The number of aliphatic hydroxyl groups excluding tert-OH is 2. The normalized spacial score (nSPS) is 35.2. The number of hydrogen-bond acceptors (Lipinski definition) is 3. The van der Waals surface area contributed by atoms with E-state index < -0.39 is 0 Å². The lowest BCUT2D eigenvalue weighted by molar-refractivity contribution is 0.0732. The maximum absolute atomic E-state index is 9.49. The fourth-order valence-corrected chi connectivity index (χ4v) is 2.68. The van der Waals surface area contributed by atoms with E-state index in [4.69, 9.17) is 5.11 Å². The molecule has 11 heavy (non-hydrogen) atoms. The summed E-state index contributed by atoms with van der Waals surface area (Å²) in [6, 6.07) is 0. The van der Waals surface area contributed by atoms with Crippen LogP contribution in [0.5, 0.6) is 0 Å². The molecule has 2 N–H and O–H groups in total. The van der Waals surface area contributed by atoms with Crippen molar-refractivity contribution in [3.8, 4) is 0 Å². The van der Waals surface area contributed by atoms with Crippen LogP contribution in [0.1, 0.15) is 19.8 Å². The minimum atomic E-state index is -0.270. The van der Waals surface area contributed by atoms with Gasteiger partial charge in [0.1, 0.15) is 0 Å². The van der Waals surface area contributed by atoms with Gasteiger partial charge in [-0.05, 0) is 37.2 Å². The van der Waals surface area contributed by atoms with Gasteiger partial charge in [-0.1, -0.05) is 0 Å². The van der Waals surface area contributed by atoms with Gasteiger partial charge in [-0.25, -0.2) is 0 Å². The van der Waals surface area contributed by atoms with Crippen molar-refractivity contribution in [1.29, 1.82) is 0 Å². The maximum Gasteiger partial charge on any atom is 0.0585 e. The smallest absolute Gasteiger partial charge is 0.0585 e. The van der Waals surface area contributed by atoms with Crippen LogP contribution in [0.2, 0.25) is 0 Å². The predicted molar refractivity (Wildman–Crippen MR) is 47.7 cm³/mol. The highest BCUT2D eigenvalue weighted by Gasteiger charge is 2.24. The van der Waals surface area contributed by atoms with Gasteiger partial charge in [0, 0.05) is 0 Å². The van der Waals surface area contributed by atoms with Crippen LogP contribution >= 0.6 is 11.8 Å². The quantitative estimate of drug-likeness (QED) is 0.656. The van der Waals surface area contributed by atoms with Gasteiger partial charge in [0.2, 0.25) is 0 Å². The van der Waals surface area contributed by atoms with Gasteiger partial charge >= 0.3 is 0 Å². The summed E-state index contributed by atoms with van der Waals surface area (Å²) in [5, 5.41) is 18.6. The topological polar surface area (TPSA) is 40.5 Å². The van der Waals surface area contributed by atoms with E-state index in [1.807, 2.05) is 11.8 Å². The molecule has 0 spiro atoms. The Balaban J connectivity index is 2.29. The molecule has 0 aromatic carbocycles. The zero-order valence-electron chi connectivity index (χ0n) is 6.86. The monoisotopic (exact) mass is 176 g/mol. The first-order chi connectivity index (χ1) is 5.20. The second-order valence-corrected chi connectivity index (χ2v) is 4.43. The SMILES string of the molecule is CC(O)CC1CSCCC1O. The molecule has 0 radical (unpaired) electrons. The van der Waals surface area contributed by atoms with Crippen LogP contribution in [0.3, 0.4) is 0 Å². The zero-order chi connectivity index (χ0) is 8.27. The molecule has 1 aliphatic rings. The predicted octanol–water partition coefficient (Wildman–Crippen LogP) is 0.871. The number of thioether (sulfide) groups is 1. The summed E-state index contributed by atoms with van der Waals surface area (Å²) >= 11 is 1.88. The van der Waals surface area contributed by atoms with Crippen molar-refractivity contribution in [3.05, 3.63) is 0 Å². The minimum absolute atomic E-state index is 0.175. The highest BCUT2D eigenvalue weighted by molar-refractivity contribution is 7.99. The molecule has 3 atom stereocenters. The highest BCUT2D eigenvalue weighted by atomic mass is 32.2. The lowest BCUT2D eigenvalue weighted by Gasteiger charge is -2.27. The van der Waals surface area contributed by atoms with Gasteiger partial charge in [-0.2, -0.15) is 11.8 Å². The number of rotatable bonds is 2. The van der Waals surface area contributed by atoms with Crippen LogP contribution < -0.4 is 0 Å². The highest BCUT2D eigenvalue weighted by Crippen LogP contribution is 2.26. The summed E-state index contributed by atoms with van der Waals surface area (Å²) in [4.78, 5) is 0. The summed E-state index contributed by atoms with van der Waals surface area (Å²) in [6.45, 7) is 1.78. The van der Waals surface area contributed by atoms with Gasteiger partial charge in [0.15, 0.2) is 0 Å². The summed E-state index contributed by atoms with van der Waals surface area (Å²) in [5.41, 5.74) is 0. The molecule has 1 rings (SSSR count). The van der Waals surface area contributed by atoms with E-state index in [1.165, 1.54) is 0 Å². The third-order valence-corrected chi connectivity index (χ3v) is 3.27. The molecule has 1 heterocycles. The first kappa shape index (κ1) is 9.36. The Labute approximate surface area is 72.0 Å². The molecule has 0 bridgehead atoms. The lowest BCUT2D eigenvalue weighted by Crippen LogP contribution is -2.30. The molecule has 3 heteroatoms. The summed E-state index contributed by atoms with van der Waals surface area (Å²) in [6.07, 6.45) is 1.19. The molecular formula is C8H16O2S. The second kappa shape index (κ2) is 4.33. The second-order valence-electron chi connectivity index (χ2n) is 3.28. The van der Waals surface area contributed by atoms with E-state index in [0.29, 0.717) is 5.92 Å². The molecule has 1 aliphatic heterocycles. The molecule has 2 nitrogen and oxygen atoms in total. The van der Waals surface area contributed by atoms with Crippen molar-refractivity contribution in [2.24, 2.45) is 5.92 Å². The van der Waals surface area contributed by atoms with Crippen LogP contribution in [-0.4, -0.2) is 33.9 Å². The number of aliphatic hydroxyl groups is 2. The Bertz CT molecular complexity index is 117. The Morgan fingerprint density at radius 3 is 2.91 bits per heavy atom. The summed E-state index contributed by atoms with van der Waals surface area (Å²) < 4.78 is 0. The summed E-state index contributed by atoms with van der Waals surface area (Å²) in [5.74, 6) is 2.39. The molecule has 0 aromatic heterocycles. The maximum atomic E-state index is 9.49. The third kappa shape index (κ3) is 3.01. The molecule has 0 aliphatic carbocycles. The van der Waals surface area contributed by atoms with Crippen molar-refractivity contribution in [2.45, 2.75) is 32.0 Å². The van der Waals surface area contributed by atoms with E-state index in [0.717, 1.165) is 24.3 Å². The van der Waals surface area contributed by atoms with Crippen LogP contribution in [0.15, 0.2) is 0 Å². The van der Waals surface area contributed by atoms with Crippen LogP contribution in [0, 0.1) is 5.92 Å². The van der Waals surface area contributed by atoms with Gasteiger partial charge in [-0.3, -0.25) is 0 Å². The Hall–Kier alpha value is 0.270. The Morgan fingerprint density at radius 2 is 2.36 bits per heavy atom. The first-order valence-electron chi connectivity index (χ1n) is 4.14. The molecule has 0 saturated carbocycles. The van der Waals surface area contributed by atoms with Crippen molar-refractivity contribution in [1.82, 2.24) is 0 Å². The molecule has 0 amide bonds. The van der Waals surface area contributed by atoms with Crippen molar-refractivity contribution >= 4 is 11.8 Å². The van der Waals surface area contributed by atoms with Crippen molar-refractivity contribution in [2.75, 3.05) is 11.5 Å². The first-order valence-corrected chi connectivity index (χ1v) is 5.29. The minimum Gasteiger partial charge on any atom is -0.393 e. The molecule has 1 saturated heterocycles. The fourth-order valence-electron chi connectivity index (χ4n) is 1.45. The van der Waals surface area contributed by atoms with E-state index in [1.54, 1.807) is 6.92 Å². The average Bonchev–Trinajstić information content (AvgIpc) is 1.93. The van der Waals surface area contributed by atoms with Gasteiger partial charge in [0.25, 0.3) is 0 Å². The fraction of sp³-hybridized carbons (Fsp3) is 1.00. The van der Waals surface area contributed by atoms with Crippen molar-refractivity contribution < 1.29 is 10.2 Å². The summed E-state index contributed by atoms with van der Waals surface area (Å²) in [7, 11) is 0. The molecule has 1 fully saturated rings. The van der Waals surface area contributed by atoms with E-state index in [-0.39, 0.29) is 12.2 Å². The van der Waals surface area contributed by atoms with E-state index in [2.05, 4.69) is 0 Å². The van der Waals surface area contributed by atoms with Crippen LogP contribution in [0.25, 0.3) is 0 Å². The standard InChI is InChI=1S/C8H16O2S/c1-6(9)4-7-5-11-3-2-8(7)10/h6-10H,2-5H2,1H3. The van der Waals surface area contributed by atoms with E-state index >= 15 is 0 Å². The Kier molecular flexibility index (Phi) is 3.69. The Morgan fingerprint density at radius 1 is 1.64 bits per heavy atom. The largest absolute Gasteiger partial charge is 0.393 e. The van der Waals surface area contributed by atoms with Crippen molar-refractivity contribution in [3.63, 3.8) is 0 Å². The average molecular weight is 176 g/mol. The molecule has 66 valence electrons. The molecule has 0 aromatic rings. The molecular weight excluding hydrogens is 160 g/mol. The zero-order valence-corrected chi connectivity index (χ0v) is 7.68.